The van der Waals surface area contributed by atoms with E-state index in [9.17, 15) is 14.0 Å². The van der Waals surface area contributed by atoms with Crippen molar-refractivity contribution >= 4 is 29.9 Å². The maximum Gasteiger partial charge on any atom is 0.227 e. The minimum Gasteiger partial charge on any atom is -0.343 e. The fourth-order valence-corrected chi connectivity index (χ4v) is 3.84. The summed E-state index contributed by atoms with van der Waals surface area (Å²) in [7, 11) is 0. The molecule has 2 atom stereocenters. The summed E-state index contributed by atoms with van der Waals surface area (Å²) in [6, 6.07) is 5.91. The minimum atomic E-state index is -0.327. The Kier molecular flexibility index (Phi) is 7.41. The van der Waals surface area contributed by atoms with Gasteiger partial charge >= 0.3 is 0 Å². The zero-order valence-corrected chi connectivity index (χ0v) is 15.6. The molecule has 26 heavy (non-hydrogen) atoms. The SMILES string of the molecule is Cl.N[C@@H]1CCC[C@H]1CC(=O)N1CCC(C(=O)Nc2ccc(F)cc2)CC1. The molecule has 2 aliphatic rings. The van der Waals surface area contributed by atoms with Gasteiger partial charge in [-0.1, -0.05) is 6.42 Å². The van der Waals surface area contributed by atoms with Crippen molar-refractivity contribution in [3.63, 3.8) is 0 Å². The van der Waals surface area contributed by atoms with Crippen LogP contribution in [0.25, 0.3) is 0 Å². The lowest BCUT2D eigenvalue weighted by Crippen LogP contribution is -2.42. The molecule has 3 N–H and O–H groups in total. The number of anilines is 1. The van der Waals surface area contributed by atoms with Gasteiger partial charge < -0.3 is 16.0 Å². The number of nitrogens with two attached hydrogens (primary N) is 1. The number of amides is 2. The number of piperidine rings is 1. The molecular weight excluding hydrogens is 357 g/mol. The lowest BCUT2D eigenvalue weighted by atomic mass is 9.94. The van der Waals surface area contributed by atoms with Crippen LogP contribution in [-0.2, 0) is 9.59 Å². The highest BCUT2D eigenvalue weighted by Gasteiger charge is 2.31. The van der Waals surface area contributed by atoms with Gasteiger partial charge in [-0.25, -0.2) is 4.39 Å². The maximum atomic E-state index is 12.9. The summed E-state index contributed by atoms with van der Waals surface area (Å²) >= 11 is 0. The van der Waals surface area contributed by atoms with Crippen molar-refractivity contribution in [2.75, 3.05) is 18.4 Å². The maximum absolute atomic E-state index is 12.9. The smallest absolute Gasteiger partial charge is 0.227 e. The lowest BCUT2D eigenvalue weighted by molar-refractivity contribution is -0.135. The summed E-state index contributed by atoms with van der Waals surface area (Å²) in [5.74, 6) is -0.0158. The molecule has 5 nitrogen and oxygen atoms in total. The van der Waals surface area contributed by atoms with Crippen LogP contribution in [0.2, 0.25) is 0 Å². The van der Waals surface area contributed by atoms with Crippen LogP contribution in [0.5, 0.6) is 0 Å². The highest BCUT2D eigenvalue weighted by atomic mass is 35.5. The summed E-state index contributed by atoms with van der Waals surface area (Å²) < 4.78 is 12.9. The monoisotopic (exact) mass is 383 g/mol. The topological polar surface area (TPSA) is 75.4 Å². The zero-order chi connectivity index (χ0) is 17.8. The van der Waals surface area contributed by atoms with Crippen LogP contribution in [0.1, 0.15) is 38.5 Å². The van der Waals surface area contributed by atoms with E-state index in [1.54, 1.807) is 12.1 Å². The van der Waals surface area contributed by atoms with Crippen LogP contribution in [0, 0.1) is 17.7 Å². The number of nitrogens with zero attached hydrogens (tertiary/aromatic N) is 1. The number of hydrogen-bond acceptors (Lipinski definition) is 3. The highest BCUT2D eigenvalue weighted by Crippen LogP contribution is 2.28. The Labute approximate surface area is 159 Å². The molecule has 1 saturated heterocycles. The van der Waals surface area contributed by atoms with E-state index in [-0.39, 0.29) is 42.0 Å². The highest BCUT2D eigenvalue weighted by molar-refractivity contribution is 5.92. The Hall–Kier alpha value is -1.66. The zero-order valence-electron chi connectivity index (χ0n) is 14.8. The van der Waals surface area contributed by atoms with Crippen molar-refractivity contribution < 1.29 is 14.0 Å². The number of halogens is 2. The van der Waals surface area contributed by atoms with E-state index in [0.717, 1.165) is 19.3 Å². The third-order valence-corrected chi connectivity index (χ3v) is 5.48. The van der Waals surface area contributed by atoms with Gasteiger partial charge in [-0.3, -0.25) is 9.59 Å². The predicted octanol–water partition coefficient (Wildman–Crippen LogP) is 2.94. The number of hydrogen-bond donors (Lipinski definition) is 2. The molecule has 0 radical (unpaired) electrons. The van der Waals surface area contributed by atoms with Gasteiger partial charge in [0, 0.05) is 37.2 Å². The van der Waals surface area contributed by atoms with Crippen LogP contribution in [0.3, 0.4) is 0 Å². The van der Waals surface area contributed by atoms with E-state index in [2.05, 4.69) is 5.32 Å². The summed E-state index contributed by atoms with van der Waals surface area (Å²) in [5.41, 5.74) is 6.65. The summed E-state index contributed by atoms with van der Waals surface area (Å²) in [6.07, 6.45) is 5.04. The molecule has 1 saturated carbocycles. The van der Waals surface area contributed by atoms with Crippen LogP contribution in [0.4, 0.5) is 10.1 Å². The van der Waals surface area contributed by atoms with Crippen molar-refractivity contribution in [2.24, 2.45) is 17.6 Å². The molecule has 2 amide bonds. The fourth-order valence-electron chi connectivity index (χ4n) is 3.84. The third kappa shape index (κ3) is 5.17. The molecule has 0 bridgehead atoms. The first-order valence-electron chi connectivity index (χ1n) is 9.12. The van der Waals surface area contributed by atoms with Gasteiger partial charge in [0.2, 0.25) is 11.8 Å². The molecule has 1 aliphatic carbocycles. The summed E-state index contributed by atoms with van der Waals surface area (Å²) in [4.78, 5) is 26.6. The molecule has 1 heterocycles. The number of carbonyl (C=O) groups excluding carboxylic acids is 2. The molecule has 1 aromatic carbocycles. The van der Waals surface area contributed by atoms with E-state index in [0.29, 0.717) is 44.0 Å². The Morgan fingerprint density at radius 3 is 2.35 bits per heavy atom. The average molecular weight is 384 g/mol. The largest absolute Gasteiger partial charge is 0.343 e. The second kappa shape index (κ2) is 9.33. The molecule has 0 aromatic heterocycles. The molecule has 144 valence electrons. The standard InChI is InChI=1S/C19H26FN3O2.ClH/c20-15-4-6-16(7-5-15)22-19(25)13-8-10-23(11-9-13)18(24)12-14-2-1-3-17(14)21;/h4-7,13-14,17H,1-3,8-12,21H2,(H,22,25);1H/t14-,17+;/m0./s1. The summed E-state index contributed by atoms with van der Waals surface area (Å²) in [6.45, 7) is 1.23. The van der Waals surface area contributed by atoms with Crippen LogP contribution < -0.4 is 11.1 Å². The molecule has 1 aromatic rings. The van der Waals surface area contributed by atoms with Crippen molar-refractivity contribution in [3.8, 4) is 0 Å². The normalized spacial score (nSPS) is 23.4. The fraction of sp³-hybridized carbons (Fsp3) is 0.579. The van der Waals surface area contributed by atoms with Crippen molar-refractivity contribution in [3.05, 3.63) is 30.1 Å². The number of benzene rings is 1. The van der Waals surface area contributed by atoms with Crippen molar-refractivity contribution in [1.29, 1.82) is 0 Å². The number of nitrogens with one attached hydrogen (secondary N) is 1. The van der Waals surface area contributed by atoms with E-state index < -0.39 is 0 Å². The molecule has 3 rings (SSSR count). The number of rotatable bonds is 4. The first-order chi connectivity index (χ1) is 12.0. The van der Waals surface area contributed by atoms with Gasteiger partial charge in [0.1, 0.15) is 5.82 Å². The molecule has 2 fully saturated rings. The molecule has 0 unspecified atom stereocenters. The quantitative estimate of drug-likeness (QED) is 0.839. The predicted molar refractivity (Wildman–Crippen MR) is 102 cm³/mol. The van der Waals surface area contributed by atoms with E-state index >= 15 is 0 Å². The van der Waals surface area contributed by atoms with E-state index in [1.807, 2.05) is 4.90 Å². The van der Waals surface area contributed by atoms with Gasteiger partial charge in [-0.05, 0) is 55.9 Å². The van der Waals surface area contributed by atoms with Gasteiger partial charge in [0.25, 0.3) is 0 Å². The second-order valence-electron chi connectivity index (χ2n) is 7.21. The Balaban J connectivity index is 0.00000243. The van der Waals surface area contributed by atoms with E-state index in [4.69, 9.17) is 5.73 Å². The van der Waals surface area contributed by atoms with Crippen LogP contribution in [-0.4, -0.2) is 35.8 Å². The van der Waals surface area contributed by atoms with Gasteiger partial charge in [0.15, 0.2) is 0 Å². The second-order valence-corrected chi connectivity index (χ2v) is 7.21. The molecule has 1 aliphatic heterocycles. The molecule has 7 heteroatoms. The van der Waals surface area contributed by atoms with Crippen molar-refractivity contribution in [2.45, 2.75) is 44.6 Å². The molecule has 0 spiro atoms. The summed E-state index contributed by atoms with van der Waals surface area (Å²) in [5, 5.41) is 2.82. The van der Waals surface area contributed by atoms with Crippen LogP contribution in [0.15, 0.2) is 24.3 Å². The van der Waals surface area contributed by atoms with Crippen LogP contribution >= 0.6 is 12.4 Å². The Morgan fingerprint density at radius 2 is 1.77 bits per heavy atom. The first-order valence-corrected chi connectivity index (χ1v) is 9.12. The van der Waals surface area contributed by atoms with Gasteiger partial charge in [0.05, 0.1) is 0 Å². The number of carbonyl (C=O) groups is 2. The average Bonchev–Trinajstić information content (AvgIpc) is 3.02. The van der Waals surface area contributed by atoms with Gasteiger partial charge in [-0.2, -0.15) is 0 Å². The minimum absolute atomic E-state index is 0. The Morgan fingerprint density at radius 1 is 1.12 bits per heavy atom. The third-order valence-electron chi connectivity index (χ3n) is 5.48. The first kappa shape index (κ1) is 20.6. The Bertz CT molecular complexity index is 618. The van der Waals surface area contributed by atoms with Crippen molar-refractivity contribution in [1.82, 2.24) is 4.90 Å². The molecular formula is C19H27ClFN3O2. The lowest BCUT2D eigenvalue weighted by Gasteiger charge is -2.32. The number of likely N-dealkylation sites (tertiary alicyclic amines) is 1. The van der Waals surface area contributed by atoms with Gasteiger partial charge in [-0.15, -0.1) is 12.4 Å². The van der Waals surface area contributed by atoms with E-state index in [1.165, 1.54) is 12.1 Å².